The van der Waals surface area contributed by atoms with Crippen LogP contribution in [0.25, 0.3) is 0 Å². The molecule has 3 nitrogen and oxygen atoms in total. The Morgan fingerprint density at radius 1 is 1.10 bits per heavy atom. The van der Waals surface area contributed by atoms with Crippen molar-refractivity contribution in [1.29, 1.82) is 0 Å². The molecule has 0 fully saturated rings. The third kappa shape index (κ3) is 5.74. The van der Waals surface area contributed by atoms with Crippen LogP contribution in [0, 0.1) is 5.92 Å². The van der Waals surface area contributed by atoms with E-state index in [9.17, 15) is 4.79 Å². The molecular weight excluding hydrogens is 248 g/mol. The SMILES string of the molecule is CCCC(CCC)C(=O)NCCC(N)c1ccccc1. The Bertz CT molecular complexity index is 372. The van der Waals surface area contributed by atoms with Crippen molar-refractivity contribution < 1.29 is 4.79 Å². The molecule has 0 aliphatic carbocycles. The van der Waals surface area contributed by atoms with E-state index in [2.05, 4.69) is 19.2 Å². The minimum atomic E-state index is -0.00713. The van der Waals surface area contributed by atoms with Crippen LogP contribution in [0.15, 0.2) is 30.3 Å². The molecule has 1 aromatic carbocycles. The molecule has 1 unspecified atom stereocenters. The highest BCUT2D eigenvalue weighted by Gasteiger charge is 2.16. The van der Waals surface area contributed by atoms with Crippen LogP contribution in [-0.2, 0) is 4.79 Å². The van der Waals surface area contributed by atoms with Crippen LogP contribution in [0.2, 0.25) is 0 Å². The highest BCUT2D eigenvalue weighted by atomic mass is 16.1. The first-order chi connectivity index (χ1) is 9.69. The fourth-order valence-corrected chi connectivity index (χ4v) is 2.47. The van der Waals surface area contributed by atoms with Crippen LogP contribution in [-0.4, -0.2) is 12.5 Å². The molecule has 0 aromatic heterocycles. The largest absolute Gasteiger partial charge is 0.356 e. The number of carbonyl (C=O) groups is 1. The summed E-state index contributed by atoms with van der Waals surface area (Å²) >= 11 is 0. The van der Waals surface area contributed by atoms with Gasteiger partial charge in [-0.3, -0.25) is 4.79 Å². The average molecular weight is 276 g/mol. The van der Waals surface area contributed by atoms with E-state index in [1.165, 1.54) is 0 Å². The van der Waals surface area contributed by atoms with E-state index in [0.717, 1.165) is 37.7 Å². The van der Waals surface area contributed by atoms with Gasteiger partial charge in [0.1, 0.15) is 0 Å². The van der Waals surface area contributed by atoms with Gasteiger partial charge in [0.25, 0.3) is 0 Å². The van der Waals surface area contributed by atoms with E-state index >= 15 is 0 Å². The maximum atomic E-state index is 12.1. The predicted octanol–water partition coefficient (Wildman–Crippen LogP) is 3.41. The van der Waals surface area contributed by atoms with Gasteiger partial charge in [0.05, 0.1) is 0 Å². The number of amides is 1. The molecule has 112 valence electrons. The van der Waals surface area contributed by atoms with Crippen LogP contribution >= 0.6 is 0 Å². The van der Waals surface area contributed by atoms with E-state index in [1.807, 2.05) is 30.3 Å². The zero-order valence-corrected chi connectivity index (χ0v) is 12.8. The second-order valence-corrected chi connectivity index (χ2v) is 5.37. The quantitative estimate of drug-likeness (QED) is 0.726. The Kier molecular flexibility index (Phi) is 7.97. The first-order valence-electron chi connectivity index (χ1n) is 7.77. The molecule has 0 aliphatic heterocycles. The van der Waals surface area contributed by atoms with Gasteiger partial charge in [0.15, 0.2) is 0 Å². The molecule has 20 heavy (non-hydrogen) atoms. The van der Waals surface area contributed by atoms with Crippen molar-refractivity contribution in [3.8, 4) is 0 Å². The summed E-state index contributed by atoms with van der Waals surface area (Å²) in [7, 11) is 0. The molecule has 0 saturated carbocycles. The normalized spacial score (nSPS) is 12.4. The predicted molar refractivity (Wildman–Crippen MR) is 84.3 cm³/mol. The zero-order valence-electron chi connectivity index (χ0n) is 12.8. The highest BCUT2D eigenvalue weighted by molar-refractivity contribution is 5.78. The van der Waals surface area contributed by atoms with Gasteiger partial charge in [-0.1, -0.05) is 57.0 Å². The van der Waals surface area contributed by atoms with Crippen molar-refractivity contribution >= 4 is 5.91 Å². The topological polar surface area (TPSA) is 55.1 Å². The molecule has 0 heterocycles. The minimum absolute atomic E-state index is 0.00713. The highest BCUT2D eigenvalue weighted by Crippen LogP contribution is 2.15. The Hall–Kier alpha value is -1.35. The molecule has 1 rings (SSSR count). The fraction of sp³-hybridized carbons (Fsp3) is 0.588. The smallest absolute Gasteiger partial charge is 0.223 e. The van der Waals surface area contributed by atoms with Crippen molar-refractivity contribution in [2.24, 2.45) is 11.7 Å². The lowest BCUT2D eigenvalue weighted by Crippen LogP contribution is -2.32. The summed E-state index contributed by atoms with van der Waals surface area (Å²) in [5, 5.41) is 3.03. The molecule has 1 amide bonds. The monoisotopic (exact) mass is 276 g/mol. The van der Waals surface area contributed by atoms with Gasteiger partial charge in [0.2, 0.25) is 5.91 Å². The second-order valence-electron chi connectivity index (χ2n) is 5.37. The van der Waals surface area contributed by atoms with Crippen LogP contribution in [0.4, 0.5) is 0 Å². The maximum absolute atomic E-state index is 12.1. The molecule has 0 bridgehead atoms. The third-order valence-electron chi connectivity index (χ3n) is 3.63. The van der Waals surface area contributed by atoms with E-state index in [-0.39, 0.29) is 17.9 Å². The lowest BCUT2D eigenvalue weighted by atomic mass is 9.97. The standard InChI is InChI=1S/C17H28N2O/c1-3-8-15(9-4-2)17(20)19-13-12-16(18)14-10-6-5-7-11-14/h5-7,10-11,15-16H,3-4,8-9,12-13,18H2,1-2H3,(H,19,20). The minimum Gasteiger partial charge on any atom is -0.356 e. The number of hydrogen-bond acceptors (Lipinski definition) is 2. The van der Waals surface area contributed by atoms with Gasteiger partial charge in [-0.25, -0.2) is 0 Å². The lowest BCUT2D eigenvalue weighted by Gasteiger charge is -2.17. The maximum Gasteiger partial charge on any atom is 0.223 e. The molecule has 1 atom stereocenters. The molecule has 3 N–H and O–H groups in total. The number of nitrogens with two attached hydrogens (primary N) is 1. The molecule has 1 aromatic rings. The fourth-order valence-electron chi connectivity index (χ4n) is 2.47. The Labute approximate surface area is 122 Å². The molecule has 0 radical (unpaired) electrons. The number of hydrogen-bond donors (Lipinski definition) is 2. The van der Waals surface area contributed by atoms with Crippen molar-refractivity contribution in [1.82, 2.24) is 5.32 Å². The zero-order chi connectivity index (χ0) is 14.8. The summed E-state index contributed by atoms with van der Waals surface area (Å²) in [6.07, 6.45) is 4.85. The summed E-state index contributed by atoms with van der Waals surface area (Å²) in [6, 6.07) is 10.0. The summed E-state index contributed by atoms with van der Waals surface area (Å²) in [4.78, 5) is 12.1. The molecule has 0 spiro atoms. The Morgan fingerprint density at radius 3 is 2.25 bits per heavy atom. The van der Waals surface area contributed by atoms with Gasteiger partial charge in [-0.15, -0.1) is 0 Å². The van der Waals surface area contributed by atoms with Crippen LogP contribution < -0.4 is 11.1 Å². The first-order valence-corrected chi connectivity index (χ1v) is 7.77. The molecular formula is C17H28N2O. The Balaban J connectivity index is 2.33. The Morgan fingerprint density at radius 2 is 1.70 bits per heavy atom. The van der Waals surface area contributed by atoms with Crippen LogP contribution in [0.5, 0.6) is 0 Å². The summed E-state index contributed by atoms with van der Waals surface area (Å²) in [6.45, 7) is 4.90. The van der Waals surface area contributed by atoms with Crippen molar-refractivity contribution in [2.45, 2.75) is 52.0 Å². The molecule has 0 aliphatic rings. The van der Waals surface area contributed by atoms with Gasteiger partial charge in [-0.2, -0.15) is 0 Å². The second kappa shape index (κ2) is 9.54. The third-order valence-corrected chi connectivity index (χ3v) is 3.63. The van der Waals surface area contributed by atoms with Crippen molar-refractivity contribution in [3.05, 3.63) is 35.9 Å². The van der Waals surface area contributed by atoms with Crippen molar-refractivity contribution in [3.63, 3.8) is 0 Å². The molecule has 3 heteroatoms. The molecule has 0 saturated heterocycles. The number of carbonyl (C=O) groups excluding carboxylic acids is 1. The summed E-state index contributed by atoms with van der Waals surface area (Å²) < 4.78 is 0. The van der Waals surface area contributed by atoms with Gasteiger partial charge in [0, 0.05) is 18.5 Å². The first kappa shape index (κ1) is 16.7. The number of rotatable bonds is 9. The summed E-state index contributed by atoms with van der Waals surface area (Å²) in [5.41, 5.74) is 7.25. The average Bonchev–Trinajstić information content (AvgIpc) is 2.47. The van der Waals surface area contributed by atoms with Crippen LogP contribution in [0.1, 0.15) is 57.6 Å². The number of nitrogens with one attached hydrogen (secondary N) is 1. The van der Waals surface area contributed by atoms with E-state index in [1.54, 1.807) is 0 Å². The van der Waals surface area contributed by atoms with E-state index in [4.69, 9.17) is 5.73 Å². The van der Waals surface area contributed by atoms with Crippen LogP contribution in [0.3, 0.4) is 0 Å². The van der Waals surface area contributed by atoms with Gasteiger partial charge < -0.3 is 11.1 Å². The van der Waals surface area contributed by atoms with E-state index < -0.39 is 0 Å². The lowest BCUT2D eigenvalue weighted by molar-refractivity contribution is -0.125. The van der Waals surface area contributed by atoms with Gasteiger partial charge in [-0.05, 0) is 24.8 Å². The van der Waals surface area contributed by atoms with Crippen molar-refractivity contribution in [2.75, 3.05) is 6.54 Å². The van der Waals surface area contributed by atoms with Gasteiger partial charge >= 0.3 is 0 Å². The van der Waals surface area contributed by atoms with E-state index in [0.29, 0.717) is 6.54 Å². The summed E-state index contributed by atoms with van der Waals surface area (Å²) in [5.74, 6) is 0.354. The number of benzene rings is 1.